The van der Waals surface area contributed by atoms with Gasteiger partial charge >= 0.3 is 0 Å². The van der Waals surface area contributed by atoms with Gasteiger partial charge < -0.3 is 10.4 Å². The minimum absolute atomic E-state index is 0.00618. The number of para-hydroxylation sites is 1. The summed E-state index contributed by atoms with van der Waals surface area (Å²) in [5, 5.41) is 22.4. The Morgan fingerprint density at radius 3 is 2.78 bits per heavy atom. The van der Waals surface area contributed by atoms with Crippen LogP contribution < -0.4 is 5.32 Å². The molecule has 0 saturated heterocycles. The molecule has 0 bridgehead atoms. The number of nitro groups is 1. The molecular weight excluding hydrogens is 236 g/mol. The van der Waals surface area contributed by atoms with Crippen molar-refractivity contribution in [2.24, 2.45) is 0 Å². The highest BCUT2D eigenvalue weighted by Crippen LogP contribution is 2.17. The van der Waals surface area contributed by atoms with Gasteiger partial charge in [-0.25, -0.2) is 0 Å². The fourth-order valence-corrected chi connectivity index (χ4v) is 1.46. The Morgan fingerprint density at radius 2 is 2.17 bits per heavy atom. The molecule has 18 heavy (non-hydrogen) atoms. The predicted octanol–water partition coefficient (Wildman–Crippen LogP) is 1.37. The number of nitrogens with zero attached hydrogens (tertiary/aromatic N) is 1. The number of nitrogens with one attached hydrogen (secondary N) is 1. The molecule has 6 heteroatoms. The van der Waals surface area contributed by atoms with Crippen molar-refractivity contribution in [2.75, 3.05) is 0 Å². The molecule has 98 valence electrons. The summed E-state index contributed by atoms with van der Waals surface area (Å²) in [6, 6.07) is 6.27. The van der Waals surface area contributed by atoms with Crippen LogP contribution in [0.1, 0.15) is 25.3 Å². The summed E-state index contributed by atoms with van der Waals surface area (Å²) in [5.74, 6) is -0.228. The molecule has 0 radical (unpaired) electrons. The van der Waals surface area contributed by atoms with Gasteiger partial charge in [0.2, 0.25) is 5.91 Å². The smallest absolute Gasteiger partial charge is 0.274 e. The van der Waals surface area contributed by atoms with Gasteiger partial charge in [-0.3, -0.25) is 14.9 Å². The lowest BCUT2D eigenvalue weighted by molar-refractivity contribution is -0.385. The van der Waals surface area contributed by atoms with E-state index in [9.17, 15) is 14.9 Å². The van der Waals surface area contributed by atoms with Crippen LogP contribution >= 0.6 is 0 Å². The van der Waals surface area contributed by atoms with Crippen molar-refractivity contribution in [3.63, 3.8) is 0 Å². The lowest BCUT2D eigenvalue weighted by Crippen LogP contribution is -2.23. The van der Waals surface area contributed by atoms with Gasteiger partial charge in [0.05, 0.1) is 11.0 Å². The molecule has 0 aliphatic carbocycles. The second-order valence-corrected chi connectivity index (χ2v) is 4.05. The van der Waals surface area contributed by atoms with Crippen molar-refractivity contribution in [2.45, 2.75) is 32.4 Å². The van der Waals surface area contributed by atoms with Crippen LogP contribution in [0, 0.1) is 10.1 Å². The van der Waals surface area contributed by atoms with Crippen LogP contribution in [0.15, 0.2) is 24.3 Å². The number of aliphatic hydroxyl groups excluding tert-OH is 1. The number of rotatable bonds is 6. The van der Waals surface area contributed by atoms with Crippen LogP contribution in [-0.2, 0) is 11.3 Å². The van der Waals surface area contributed by atoms with Gasteiger partial charge in [-0.1, -0.05) is 18.2 Å². The Balaban J connectivity index is 2.53. The second-order valence-electron chi connectivity index (χ2n) is 4.05. The molecule has 0 spiro atoms. The van der Waals surface area contributed by atoms with E-state index < -0.39 is 11.0 Å². The Morgan fingerprint density at radius 1 is 1.50 bits per heavy atom. The lowest BCUT2D eigenvalue weighted by atomic mass is 10.1. The summed E-state index contributed by atoms with van der Waals surface area (Å²) in [7, 11) is 0. The van der Waals surface area contributed by atoms with Gasteiger partial charge in [0, 0.05) is 24.6 Å². The molecule has 0 fully saturated rings. The van der Waals surface area contributed by atoms with Crippen LogP contribution in [0.3, 0.4) is 0 Å². The largest absolute Gasteiger partial charge is 0.393 e. The third-order valence-electron chi connectivity index (χ3n) is 2.45. The Bertz CT molecular complexity index is 432. The molecule has 1 rings (SSSR count). The second kappa shape index (κ2) is 6.70. The summed E-state index contributed by atoms with van der Waals surface area (Å²) in [6.07, 6.45) is 0.0582. The average molecular weight is 252 g/mol. The minimum Gasteiger partial charge on any atom is -0.393 e. The number of carbonyl (C=O) groups excluding carboxylic acids is 1. The molecule has 0 aliphatic heterocycles. The van der Waals surface area contributed by atoms with Gasteiger partial charge in [-0.2, -0.15) is 0 Å². The SMILES string of the molecule is CC(O)CCC(=O)NCc1ccccc1[N+](=O)[O-]. The van der Waals surface area contributed by atoms with Crippen LogP contribution in [-0.4, -0.2) is 22.0 Å². The molecule has 0 aromatic heterocycles. The zero-order chi connectivity index (χ0) is 13.5. The summed E-state index contributed by atoms with van der Waals surface area (Å²) in [6.45, 7) is 1.73. The topological polar surface area (TPSA) is 92.5 Å². The molecular formula is C12H16N2O4. The summed E-state index contributed by atoms with van der Waals surface area (Å²) in [5.41, 5.74) is 0.459. The third-order valence-corrected chi connectivity index (χ3v) is 2.45. The summed E-state index contributed by atoms with van der Waals surface area (Å²) >= 11 is 0. The third kappa shape index (κ3) is 4.50. The van der Waals surface area contributed by atoms with Crippen LogP contribution in [0.4, 0.5) is 5.69 Å². The molecule has 0 saturated carbocycles. The first-order valence-electron chi connectivity index (χ1n) is 5.67. The van der Waals surface area contributed by atoms with Crippen molar-refractivity contribution in [3.05, 3.63) is 39.9 Å². The van der Waals surface area contributed by atoms with Crippen LogP contribution in [0.25, 0.3) is 0 Å². The first-order chi connectivity index (χ1) is 8.50. The van der Waals surface area contributed by atoms with E-state index in [2.05, 4.69) is 5.32 Å². The summed E-state index contributed by atoms with van der Waals surface area (Å²) in [4.78, 5) is 21.7. The molecule has 1 unspecified atom stereocenters. The highest BCUT2D eigenvalue weighted by Gasteiger charge is 2.12. The van der Waals surface area contributed by atoms with Crippen LogP contribution in [0.5, 0.6) is 0 Å². The zero-order valence-electron chi connectivity index (χ0n) is 10.1. The quantitative estimate of drug-likeness (QED) is 0.590. The monoisotopic (exact) mass is 252 g/mol. The molecule has 0 aliphatic rings. The maximum atomic E-state index is 11.4. The van der Waals surface area contributed by atoms with Crippen LogP contribution in [0.2, 0.25) is 0 Å². The zero-order valence-corrected chi connectivity index (χ0v) is 10.1. The van der Waals surface area contributed by atoms with Crippen molar-refractivity contribution >= 4 is 11.6 Å². The van der Waals surface area contributed by atoms with E-state index >= 15 is 0 Å². The van der Waals surface area contributed by atoms with E-state index in [0.29, 0.717) is 12.0 Å². The number of benzene rings is 1. The molecule has 1 atom stereocenters. The molecule has 1 aromatic rings. The maximum Gasteiger partial charge on any atom is 0.274 e. The van der Waals surface area contributed by atoms with Gasteiger partial charge in [0.15, 0.2) is 0 Å². The Kier molecular flexibility index (Phi) is 5.26. The summed E-state index contributed by atoms with van der Waals surface area (Å²) < 4.78 is 0. The highest BCUT2D eigenvalue weighted by atomic mass is 16.6. The fraction of sp³-hybridized carbons (Fsp3) is 0.417. The first kappa shape index (κ1) is 14.1. The first-order valence-corrected chi connectivity index (χ1v) is 5.67. The molecule has 1 amide bonds. The van der Waals surface area contributed by atoms with E-state index in [-0.39, 0.29) is 24.6 Å². The highest BCUT2D eigenvalue weighted by molar-refractivity contribution is 5.76. The van der Waals surface area contributed by atoms with Gasteiger partial charge in [0.1, 0.15) is 0 Å². The number of hydrogen-bond donors (Lipinski definition) is 2. The van der Waals surface area contributed by atoms with E-state index in [1.54, 1.807) is 25.1 Å². The van der Waals surface area contributed by atoms with E-state index in [1.807, 2.05) is 0 Å². The van der Waals surface area contributed by atoms with Gasteiger partial charge in [-0.15, -0.1) is 0 Å². The molecule has 0 heterocycles. The molecule has 6 nitrogen and oxygen atoms in total. The minimum atomic E-state index is -0.526. The molecule has 2 N–H and O–H groups in total. The number of carbonyl (C=O) groups is 1. The standard InChI is InChI=1S/C12H16N2O4/c1-9(15)6-7-12(16)13-8-10-4-2-3-5-11(10)14(17)18/h2-5,9,15H,6-8H2,1H3,(H,13,16). The number of hydrogen-bond acceptors (Lipinski definition) is 4. The van der Waals surface area contributed by atoms with E-state index in [0.717, 1.165) is 0 Å². The number of nitro benzene ring substituents is 1. The van der Waals surface area contributed by atoms with Crippen molar-refractivity contribution in [3.8, 4) is 0 Å². The maximum absolute atomic E-state index is 11.4. The van der Waals surface area contributed by atoms with Gasteiger partial charge in [-0.05, 0) is 13.3 Å². The van der Waals surface area contributed by atoms with E-state index in [4.69, 9.17) is 5.11 Å². The lowest BCUT2D eigenvalue weighted by Gasteiger charge is -2.07. The normalized spacial score (nSPS) is 11.9. The van der Waals surface area contributed by atoms with E-state index in [1.165, 1.54) is 6.07 Å². The van der Waals surface area contributed by atoms with Crippen molar-refractivity contribution < 1.29 is 14.8 Å². The predicted molar refractivity (Wildman–Crippen MR) is 65.9 cm³/mol. The average Bonchev–Trinajstić information content (AvgIpc) is 2.34. The Hall–Kier alpha value is -1.95. The fourth-order valence-electron chi connectivity index (χ4n) is 1.46. The number of aliphatic hydroxyl groups is 1. The Labute approximate surface area is 105 Å². The van der Waals surface area contributed by atoms with Gasteiger partial charge in [0.25, 0.3) is 5.69 Å². The van der Waals surface area contributed by atoms with Crippen molar-refractivity contribution in [1.29, 1.82) is 0 Å². The number of amides is 1. The molecule has 1 aromatic carbocycles. The van der Waals surface area contributed by atoms with Crippen molar-refractivity contribution in [1.82, 2.24) is 5.32 Å².